The van der Waals surface area contributed by atoms with E-state index in [1.54, 1.807) is 18.2 Å². The van der Waals surface area contributed by atoms with Crippen molar-refractivity contribution in [3.63, 3.8) is 0 Å². The molecule has 0 atom stereocenters. The number of aliphatic hydroxyl groups is 1. The molecule has 0 unspecified atom stereocenters. The Kier molecular flexibility index (Phi) is 6.91. The second-order valence-electron chi connectivity index (χ2n) is 4.50. The van der Waals surface area contributed by atoms with Gasteiger partial charge in [0.2, 0.25) is 0 Å². The lowest BCUT2D eigenvalue weighted by Crippen LogP contribution is -2.28. The highest BCUT2D eigenvalue weighted by Crippen LogP contribution is 2.15. The van der Waals surface area contributed by atoms with Crippen molar-refractivity contribution < 1.29 is 9.50 Å². The Bertz CT molecular complexity index is 426. The lowest BCUT2D eigenvalue weighted by molar-refractivity contribution is 0.187. The van der Waals surface area contributed by atoms with Gasteiger partial charge in [0.15, 0.2) is 0 Å². The van der Waals surface area contributed by atoms with Gasteiger partial charge in [-0.2, -0.15) is 0 Å². The summed E-state index contributed by atoms with van der Waals surface area (Å²) in [5.74, 6) is -0.352. The van der Waals surface area contributed by atoms with E-state index in [2.05, 4.69) is 6.92 Å². The predicted octanol–water partition coefficient (Wildman–Crippen LogP) is 2.05. The van der Waals surface area contributed by atoms with Gasteiger partial charge in [-0.3, -0.25) is 4.90 Å². The van der Waals surface area contributed by atoms with Crippen LogP contribution in [0.5, 0.6) is 0 Å². The number of rotatable bonds is 8. The molecule has 0 heterocycles. The van der Waals surface area contributed by atoms with Crippen molar-refractivity contribution in [1.29, 1.82) is 0 Å². The number of hydrogen-bond acceptors (Lipinski definition) is 3. The Hall–Kier alpha value is -1.04. The van der Waals surface area contributed by atoms with Gasteiger partial charge < -0.3 is 10.8 Å². The molecule has 5 heteroatoms. The minimum Gasteiger partial charge on any atom is -0.395 e. The number of nitrogens with two attached hydrogens (primary N) is 1. The molecule has 0 radical (unpaired) electrons. The van der Waals surface area contributed by atoms with Crippen LogP contribution in [-0.4, -0.2) is 34.7 Å². The highest BCUT2D eigenvalue weighted by atomic mass is 32.1. The monoisotopic (exact) mass is 284 g/mol. The minimum atomic E-state index is -0.352. The van der Waals surface area contributed by atoms with Crippen molar-refractivity contribution in [2.24, 2.45) is 5.73 Å². The zero-order valence-corrected chi connectivity index (χ0v) is 12.0. The fraction of sp³-hybridized carbons (Fsp3) is 0.500. The van der Waals surface area contributed by atoms with Gasteiger partial charge in [0.1, 0.15) is 10.8 Å². The molecule has 1 aromatic rings. The van der Waals surface area contributed by atoms with Gasteiger partial charge in [-0.1, -0.05) is 37.7 Å². The predicted molar refractivity (Wildman–Crippen MR) is 79.6 cm³/mol. The van der Waals surface area contributed by atoms with Crippen molar-refractivity contribution in [2.45, 2.75) is 26.3 Å². The Morgan fingerprint density at radius 1 is 1.42 bits per heavy atom. The van der Waals surface area contributed by atoms with E-state index in [1.165, 1.54) is 0 Å². The smallest absolute Gasteiger partial charge is 0.137 e. The van der Waals surface area contributed by atoms with Gasteiger partial charge in [-0.15, -0.1) is 0 Å². The van der Waals surface area contributed by atoms with Crippen molar-refractivity contribution in [1.82, 2.24) is 4.90 Å². The molecule has 0 aliphatic heterocycles. The number of halogens is 1. The summed E-state index contributed by atoms with van der Waals surface area (Å²) in [6.07, 6.45) is 2.09. The van der Waals surface area contributed by atoms with E-state index in [9.17, 15) is 4.39 Å². The van der Waals surface area contributed by atoms with Crippen LogP contribution in [-0.2, 0) is 6.54 Å². The molecule has 0 aromatic heterocycles. The topological polar surface area (TPSA) is 49.5 Å². The van der Waals surface area contributed by atoms with Crippen LogP contribution in [0.2, 0.25) is 0 Å². The van der Waals surface area contributed by atoms with E-state index in [1.807, 2.05) is 4.90 Å². The third kappa shape index (κ3) is 4.86. The molecular weight excluding hydrogens is 263 g/mol. The van der Waals surface area contributed by atoms with E-state index < -0.39 is 0 Å². The van der Waals surface area contributed by atoms with E-state index in [0.29, 0.717) is 18.7 Å². The summed E-state index contributed by atoms with van der Waals surface area (Å²) in [6.45, 7) is 4.01. The number of benzene rings is 1. The van der Waals surface area contributed by atoms with E-state index in [4.69, 9.17) is 23.1 Å². The average molecular weight is 284 g/mol. The van der Waals surface area contributed by atoms with Crippen LogP contribution in [0, 0.1) is 5.82 Å². The van der Waals surface area contributed by atoms with Crippen molar-refractivity contribution in [2.75, 3.05) is 19.7 Å². The second-order valence-corrected chi connectivity index (χ2v) is 4.94. The molecule has 0 fully saturated rings. The van der Waals surface area contributed by atoms with Crippen molar-refractivity contribution in [3.8, 4) is 0 Å². The normalized spacial score (nSPS) is 10.9. The van der Waals surface area contributed by atoms with E-state index >= 15 is 0 Å². The van der Waals surface area contributed by atoms with Crippen molar-refractivity contribution in [3.05, 3.63) is 35.1 Å². The lowest BCUT2D eigenvalue weighted by Gasteiger charge is -2.21. The highest BCUT2D eigenvalue weighted by Gasteiger charge is 2.13. The van der Waals surface area contributed by atoms with Crippen LogP contribution in [0.15, 0.2) is 18.2 Å². The molecular formula is C14H21FN2OS. The van der Waals surface area contributed by atoms with Gasteiger partial charge in [0, 0.05) is 24.2 Å². The summed E-state index contributed by atoms with van der Waals surface area (Å²) in [6, 6.07) is 5.07. The van der Waals surface area contributed by atoms with Gasteiger partial charge >= 0.3 is 0 Å². The molecule has 1 aromatic carbocycles. The maximum absolute atomic E-state index is 14.2. The Morgan fingerprint density at radius 3 is 2.74 bits per heavy atom. The quantitative estimate of drug-likeness (QED) is 0.717. The molecule has 1 rings (SSSR count). The number of hydrogen-bond donors (Lipinski definition) is 2. The molecule has 19 heavy (non-hydrogen) atoms. The first kappa shape index (κ1) is 16.0. The molecule has 0 saturated heterocycles. The third-order valence-electron chi connectivity index (χ3n) is 2.98. The van der Waals surface area contributed by atoms with Gasteiger partial charge in [-0.25, -0.2) is 4.39 Å². The second kappa shape index (κ2) is 8.19. The largest absolute Gasteiger partial charge is 0.395 e. The first-order chi connectivity index (χ1) is 9.10. The van der Waals surface area contributed by atoms with Crippen LogP contribution in [0.25, 0.3) is 0 Å². The number of thiocarbonyl (C=S) groups is 1. The average Bonchev–Trinajstić information content (AvgIpc) is 2.38. The molecule has 0 aliphatic rings. The zero-order valence-electron chi connectivity index (χ0n) is 11.2. The number of nitrogens with zero attached hydrogens (tertiary/aromatic N) is 1. The Balaban J connectivity index is 2.83. The fourth-order valence-corrected chi connectivity index (χ4v) is 2.08. The van der Waals surface area contributed by atoms with E-state index in [0.717, 1.165) is 19.4 Å². The van der Waals surface area contributed by atoms with Crippen LogP contribution in [0.1, 0.15) is 30.9 Å². The molecule has 0 saturated carbocycles. The summed E-state index contributed by atoms with van der Waals surface area (Å²) >= 11 is 4.83. The fourth-order valence-electron chi connectivity index (χ4n) is 1.93. The lowest BCUT2D eigenvalue weighted by atomic mass is 10.1. The summed E-state index contributed by atoms with van der Waals surface area (Å²) in [5, 5.41) is 9.05. The standard InChI is InChI=1S/C14H21FN2OS/c1-2-3-7-17(8-9-18)10-11-5-4-6-12(13(11)15)14(16)19/h4-6,18H,2-3,7-10H2,1H3,(H2,16,19). The van der Waals surface area contributed by atoms with Crippen LogP contribution >= 0.6 is 12.2 Å². The van der Waals surface area contributed by atoms with Crippen LogP contribution < -0.4 is 5.73 Å². The molecule has 0 bridgehead atoms. The van der Waals surface area contributed by atoms with Crippen LogP contribution in [0.3, 0.4) is 0 Å². The van der Waals surface area contributed by atoms with Gasteiger partial charge in [-0.05, 0) is 19.0 Å². The maximum Gasteiger partial charge on any atom is 0.137 e. The third-order valence-corrected chi connectivity index (χ3v) is 3.20. The minimum absolute atomic E-state index is 0.0698. The van der Waals surface area contributed by atoms with Gasteiger partial charge in [0.25, 0.3) is 0 Å². The molecule has 0 amide bonds. The Morgan fingerprint density at radius 2 is 2.16 bits per heavy atom. The summed E-state index contributed by atoms with van der Waals surface area (Å²) in [5.41, 5.74) is 6.34. The molecule has 3 nitrogen and oxygen atoms in total. The van der Waals surface area contributed by atoms with Gasteiger partial charge in [0.05, 0.1) is 6.61 Å². The molecule has 0 aliphatic carbocycles. The molecule has 106 valence electrons. The van der Waals surface area contributed by atoms with E-state index in [-0.39, 0.29) is 23.0 Å². The zero-order chi connectivity index (χ0) is 14.3. The van der Waals surface area contributed by atoms with Crippen molar-refractivity contribution >= 4 is 17.2 Å². The molecule has 0 spiro atoms. The van der Waals surface area contributed by atoms with Crippen LogP contribution in [0.4, 0.5) is 4.39 Å². The highest BCUT2D eigenvalue weighted by molar-refractivity contribution is 7.80. The SMILES string of the molecule is CCCCN(CCO)Cc1cccc(C(N)=S)c1F. The number of unbranched alkanes of at least 4 members (excludes halogenated alkanes) is 1. The Labute approximate surface area is 119 Å². The maximum atomic E-state index is 14.2. The first-order valence-electron chi connectivity index (χ1n) is 6.50. The summed E-state index contributed by atoms with van der Waals surface area (Å²) in [7, 11) is 0. The summed E-state index contributed by atoms with van der Waals surface area (Å²) in [4.78, 5) is 2.10. The first-order valence-corrected chi connectivity index (χ1v) is 6.91. The summed E-state index contributed by atoms with van der Waals surface area (Å²) < 4.78 is 14.2. The number of aliphatic hydroxyl groups excluding tert-OH is 1. The molecule has 3 N–H and O–H groups in total.